The number of nitrogens with zero attached hydrogens (tertiary/aromatic N) is 1. The highest BCUT2D eigenvalue weighted by Gasteiger charge is 2.12. The van der Waals surface area contributed by atoms with Crippen LogP contribution in [0.25, 0.3) is 43.6 Å². The summed E-state index contributed by atoms with van der Waals surface area (Å²) in [6.45, 7) is 7.66. The Hall–Kier alpha value is -3.44. The lowest BCUT2D eigenvalue weighted by Gasteiger charge is -2.20. The van der Waals surface area contributed by atoms with Crippen molar-refractivity contribution in [3.63, 3.8) is 0 Å². The van der Waals surface area contributed by atoms with Crippen LogP contribution in [0.5, 0.6) is 0 Å². The molecule has 33 heavy (non-hydrogen) atoms. The summed E-state index contributed by atoms with van der Waals surface area (Å²) in [5.74, 6) is 0. The summed E-state index contributed by atoms with van der Waals surface area (Å²) < 4.78 is 0. The summed E-state index contributed by atoms with van der Waals surface area (Å²) in [7, 11) is 0. The number of hydrogen-bond donors (Lipinski definition) is 2. The van der Waals surface area contributed by atoms with E-state index in [0.29, 0.717) is 32.6 Å². The van der Waals surface area contributed by atoms with Gasteiger partial charge in [0, 0.05) is 33.6 Å². The third kappa shape index (κ3) is 3.93. The van der Waals surface area contributed by atoms with E-state index < -0.39 is 0 Å². The van der Waals surface area contributed by atoms with Crippen molar-refractivity contribution in [3.8, 4) is 0 Å². The van der Waals surface area contributed by atoms with E-state index in [1.165, 1.54) is 5.56 Å². The molecule has 2 aromatic heterocycles. The molecule has 0 atom stereocenters. The Morgan fingerprint density at radius 2 is 1.21 bits per heavy atom. The third-order valence-corrected chi connectivity index (χ3v) is 6.48. The summed E-state index contributed by atoms with van der Waals surface area (Å²) in [6, 6.07) is 17.2. The van der Waals surface area contributed by atoms with E-state index >= 15 is 0 Å². The number of aromatic amines is 2. The highest BCUT2D eigenvalue weighted by atomic mass is 16.1. The number of pyridine rings is 2. The van der Waals surface area contributed by atoms with Gasteiger partial charge in [0.05, 0.1) is 16.6 Å². The van der Waals surface area contributed by atoms with Crippen molar-refractivity contribution in [2.24, 2.45) is 0 Å². The Balaban J connectivity index is 1.61. The molecular formula is C28H29N3O2. The number of aromatic nitrogens is 2. The fraction of sp³-hybridized carbons (Fsp3) is 0.286. The molecule has 5 rings (SSSR count). The second-order valence-electron chi connectivity index (χ2n) is 8.87. The van der Waals surface area contributed by atoms with Crippen molar-refractivity contribution in [2.75, 3.05) is 19.6 Å². The van der Waals surface area contributed by atoms with Gasteiger partial charge in [0.1, 0.15) is 0 Å². The lowest BCUT2D eigenvalue weighted by atomic mass is 10.0. The van der Waals surface area contributed by atoms with E-state index in [4.69, 9.17) is 0 Å². The molecule has 0 spiro atoms. The Morgan fingerprint density at radius 1 is 0.636 bits per heavy atom. The van der Waals surface area contributed by atoms with Gasteiger partial charge < -0.3 is 14.9 Å². The summed E-state index contributed by atoms with van der Waals surface area (Å²) in [5, 5.41) is 2.50. The second-order valence-corrected chi connectivity index (χ2v) is 8.87. The van der Waals surface area contributed by atoms with Crippen LogP contribution in [0.15, 0.2) is 64.2 Å². The van der Waals surface area contributed by atoms with Crippen LogP contribution >= 0.6 is 0 Å². The quantitative estimate of drug-likeness (QED) is 0.336. The van der Waals surface area contributed by atoms with E-state index in [-0.39, 0.29) is 10.9 Å². The zero-order valence-corrected chi connectivity index (χ0v) is 19.2. The first-order chi connectivity index (χ1) is 16.1. The Kier molecular flexibility index (Phi) is 5.73. The molecule has 0 bridgehead atoms. The zero-order chi connectivity index (χ0) is 22.9. The van der Waals surface area contributed by atoms with Gasteiger partial charge in [-0.1, -0.05) is 32.0 Å². The van der Waals surface area contributed by atoms with Crippen LogP contribution in [-0.4, -0.2) is 34.5 Å². The molecule has 0 fully saturated rings. The molecule has 2 N–H and O–H groups in total. The number of nitrogens with one attached hydrogen (secondary N) is 2. The van der Waals surface area contributed by atoms with E-state index in [1.54, 1.807) is 6.07 Å². The monoisotopic (exact) mass is 439 g/mol. The Bertz CT molecular complexity index is 1590. The Labute approximate surface area is 192 Å². The van der Waals surface area contributed by atoms with Crippen molar-refractivity contribution >= 4 is 43.6 Å². The zero-order valence-electron chi connectivity index (χ0n) is 19.2. The minimum Gasteiger partial charge on any atom is -0.354 e. The summed E-state index contributed by atoms with van der Waals surface area (Å²) >= 11 is 0. The average Bonchev–Trinajstić information content (AvgIpc) is 2.82. The average molecular weight is 440 g/mol. The molecule has 0 unspecified atom stereocenters. The molecule has 0 radical (unpaired) electrons. The van der Waals surface area contributed by atoms with Crippen LogP contribution in [0.1, 0.15) is 32.3 Å². The fourth-order valence-electron chi connectivity index (χ4n) is 4.86. The van der Waals surface area contributed by atoms with Gasteiger partial charge in [-0.25, -0.2) is 0 Å². The Morgan fingerprint density at radius 3 is 1.88 bits per heavy atom. The molecule has 0 saturated carbocycles. The number of hydrogen-bond acceptors (Lipinski definition) is 3. The third-order valence-electron chi connectivity index (χ3n) is 6.48. The smallest absolute Gasteiger partial charge is 0.197 e. The molecular weight excluding hydrogens is 410 g/mol. The number of H-pyrrole nitrogens is 2. The molecule has 5 nitrogen and oxygen atoms in total. The second kappa shape index (κ2) is 8.83. The fourth-order valence-corrected chi connectivity index (χ4v) is 4.86. The van der Waals surface area contributed by atoms with Gasteiger partial charge in [0.2, 0.25) is 0 Å². The van der Waals surface area contributed by atoms with Crippen molar-refractivity contribution < 1.29 is 0 Å². The minimum atomic E-state index is -0.0251. The van der Waals surface area contributed by atoms with Crippen molar-refractivity contribution in [1.29, 1.82) is 0 Å². The SMILES string of the molecule is CCCN(CCC)CCc1ccc2c(=O)c3cc4[nH]c5ccccc5c(=O)c4cc3[nH]c2c1. The maximum Gasteiger partial charge on any atom is 0.197 e. The van der Waals surface area contributed by atoms with Gasteiger partial charge in [-0.2, -0.15) is 0 Å². The van der Waals surface area contributed by atoms with Gasteiger partial charge in [-0.15, -0.1) is 0 Å². The highest BCUT2D eigenvalue weighted by molar-refractivity contribution is 6.02. The summed E-state index contributed by atoms with van der Waals surface area (Å²) in [4.78, 5) is 35.6. The first kappa shape index (κ1) is 21.4. The standard InChI is InChI=1S/C28H29N3O2/c1-3-12-31(13-4-2)14-11-18-9-10-20-24(15-18)30-26-17-21-25(16-22(26)28(20)33)29-23-8-6-5-7-19(23)27(21)32/h5-10,15-17H,3-4,11-14H2,1-2H3,(H,29,32)(H,30,33). The minimum absolute atomic E-state index is 0.0141. The molecule has 0 saturated heterocycles. The van der Waals surface area contributed by atoms with Crippen LogP contribution in [0.3, 0.4) is 0 Å². The molecule has 2 heterocycles. The van der Waals surface area contributed by atoms with Gasteiger partial charge in [-0.05, 0) is 74.3 Å². The van der Waals surface area contributed by atoms with Crippen molar-refractivity contribution in [3.05, 3.63) is 80.6 Å². The van der Waals surface area contributed by atoms with E-state index in [0.717, 1.165) is 49.9 Å². The summed E-state index contributed by atoms with van der Waals surface area (Å²) in [6.07, 6.45) is 3.25. The topological polar surface area (TPSA) is 69.0 Å². The van der Waals surface area contributed by atoms with Gasteiger partial charge in [0.25, 0.3) is 0 Å². The number of rotatable bonds is 7. The number of fused-ring (bicyclic) bond motifs is 4. The highest BCUT2D eigenvalue weighted by Crippen LogP contribution is 2.22. The maximum atomic E-state index is 13.3. The largest absolute Gasteiger partial charge is 0.354 e. The van der Waals surface area contributed by atoms with E-state index in [1.807, 2.05) is 36.4 Å². The molecule has 0 amide bonds. The molecule has 0 aliphatic rings. The molecule has 0 aliphatic carbocycles. The molecule has 168 valence electrons. The van der Waals surface area contributed by atoms with Gasteiger partial charge >= 0.3 is 0 Å². The number of para-hydroxylation sites is 1. The van der Waals surface area contributed by atoms with Crippen molar-refractivity contribution in [1.82, 2.24) is 14.9 Å². The molecule has 5 heteroatoms. The lowest BCUT2D eigenvalue weighted by molar-refractivity contribution is 0.278. The first-order valence-electron chi connectivity index (χ1n) is 11.8. The van der Waals surface area contributed by atoms with Gasteiger partial charge in [-0.3, -0.25) is 9.59 Å². The van der Waals surface area contributed by atoms with Crippen LogP contribution in [0.4, 0.5) is 0 Å². The number of benzene rings is 3. The van der Waals surface area contributed by atoms with Crippen LogP contribution in [0.2, 0.25) is 0 Å². The molecule has 0 aliphatic heterocycles. The van der Waals surface area contributed by atoms with Crippen LogP contribution < -0.4 is 10.9 Å². The predicted molar refractivity (Wildman–Crippen MR) is 138 cm³/mol. The maximum absolute atomic E-state index is 13.3. The van der Waals surface area contributed by atoms with Crippen LogP contribution in [-0.2, 0) is 6.42 Å². The van der Waals surface area contributed by atoms with E-state index in [9.17, 15) is 9.59 Å². The molecule has 5 aromatic rings. The first-order valence-corrected chi connectivity index (χ1v) is 11.8. The predicted octanol–water partition coefficient (Wildman–Crippen LogP) is 5.34. The molecule has 3 aromatic carbocycles. The van der Waals surface area contributed by atoms with E-state index in [2.05, 4.69) is 40.8 Å². The summed E-state index contributed by atoms with van der Waals surface area (Å²) in [5.41, 5.74) is 4.13. The van der Waals surface area contributed by atoms with Crippen molar-refractivity contribution in [2.45, 2.75) is 33.1 Å². The lowest BCUT2D eigenvalue weighted by Crippen LogP contribution is -2.27. The normalized spacial score (nSPS) is 12.0. The van der Waals surface area contributed by atoms with Gasteiger partial charge in [0.15, 0.2) is 10.9 Å². The van der Waals surface area contributed by atoms with Crippen LogP contribution in [0, 0.1) is 0 Å².